The minimum atomic E-state index is -0.380. The average molecular weight is 301 g/mol. The maximum absolute atomic E-state index is 11.7. The van der Waals surface area contributed by atoms with Gasteiger partial charge in [-0.05, 0) is 18.2 Å². The van der Waals surface area contributed by atoms with Crippen LogP contribution in [0.1, 0.15) is 17.3 Å². The van der Waals surface area contributed by atoms with Crippen LogP contribution in [-0.4, -0.2) is 30.0 Å². The Balaban J connectivity index is 2.52. The molecule has 0 radical (unpaired) electrons. The first-order chi connectivity index (χ1) is 8.00. The van der Waals surface area contributed by atoms with Crippen molar-refractivity contribution in [2.24, 2.45) is 0 Å². The summed E-state index contributed by atoms with van der Waals surface area (Å²) in [6.07, 6.45) is 0. The number of benzene rings is 1. The van der Waals surface area contributed by atoms with Crippen LogP contribution in [0.5, 0.6) is 5.75 Å². The normalized spacial score (nSPS) is 9.76. The summed E-state index contributed by atoms with van der Waals surface area (Å²) in [6.45, 7) is 2.07. The molecule has 0 saturated carbocycles. The molecular weight excluding hydrogens is 288 g/mol. The van der Waals surface area contributed by atoms with Crippen molar-refractivity contribution in [1.29, 1.82) is 0 Å². The number of hydrogen-bond acceptors (Lipinski definition) is 3. The smallest absolute Gasteiger partial charge is 0.255 e. The molecule has 17 heavy (non-hydrogen) atoms. The lowest BCUT2D eigenvalue weighted by molar-refractivity contribution is -0.118. The summed E-state index contributed by atoms with van der Waals surface area (Å²) in [7, 11) is 0. The molecule has 0 fully saturated rings. The summed E-state index contributed by atoms with van der Waals surface area (Å²) < 4.78 is 0.710. The second kappa shape index (κ2) is 6.24. The van der Waals surface area contributed by atoms with E-state index in [1.165, 1.54) is 19.1 Å². The molecule has 0 aliphatic carbocycles. The molecule has 1 rings (SSSR count). The van der Waals surface area contributed by atoms with Gasteiger partial charge in [-0.1, -0.05) is 15.9 Å². The zero-order valence-electron chi connectivity index (χ0n) is 9.29. The number of phenols is 1. The number of halogens is 1. The lowest BCUT2D eigenvalue weighted by Crippen LogP contribution is -2.33. The Labute approximate surface area is 107 Å². The summed E-state index contributed by atoms with van der Waals surface area (Å²) in [4.78, 5) is 22.2. The number of amides is 2. The molecule has 6 heteroatoms. The van der Waals surface area contributed by atoms with Crippen molar-refractivity contribution in [2.45, 2.75) is 6.92 Å². The van der Waals surface area contributed by atoms with Crippen molar-refractivity contribution in [3.63, 3.8) is 0 Å². The number of aromatic hydroxyl groups is 1. The fourth-order valence-corrected chi connectivity index (χ4v) is 1.56. The van der Waals surface area contributed by atoms with Gasteiger partial charge in [0.15, 0.2) is 0 Å². The lowest BCUT2D eigenvalue weighted by atomic mass is 10.2. The molecule has 0 atom stereocenters. The molecule has 1 aromatic carbocycles. The first kappa shape index (κ1) is 13.5. The lowest BCUT2D eigenvalue weighted by Gasteiger charge is -2.07. The predicted molar refractivity (Wildman–Crippen MR) is 66.8 cm³/mol. The molecule has 5 nitrogen and oxygen atoms in total. The van der Waals surface area contributed by atoms with Crippen LogP contribution in [0.4, 0.5) is 0 Å². The SMILES string of the molecule is CC(=O)NCCNC(=O)c1cc(Br)ccc1O. The molecule has 2 amide bonds. The summed E-state index contributed by atoms with van der Waals surface area (Å²) >= 11 is 3.22. The second-order valence-electron chi connectivity index (χ2n) is 3.40. The van der Waals surface area contributed by atoms with Crippen LogP contribution in [0, 0.1) is 0 Å². The number of nitrogens with one attached hydrogen (secondary N) is 2. The van der Waals surface area contributed by atoms with Crippen LogP contribution >= 0.6 is 15.9 Å². The highest BCUT2D eigenvalue weighted by molar-refractivity contribution is 9.10. The van der Waals surface area contributed by atoms with Gasteiger partial charge in [-0.2, -0.15) is 0 Å². The van der Waals surface area contributed by atoms with Gasteiger partial charge in [-0.3, -0.25) is 9.59 Å². The Morgan fingerprint density at radius 3 is 2.59 bits per heavy atom. The van der Waals surface area contributed by atoms with Crippen LogP contribution in [0.3, 0.4) is 0 Å². The van der Waals surface area contributed by atoms with E-state index < -0.39 is 0 Å². The van der Waals surface area contributed by atoms with E-state index >= 15 is 0 Å². The Morgan fingerprint density at radius 2 is 1.94 bits per heavy atom. The van der Waals surface area contributed by atoms with E-state index in [9.17, 15) is 14.7 Å². The molecular formula is C11H13BrN2O3. The summed E-state index contributed by atoms with van der Waals surface area (Å²) in [5.41, 5.74) is 0.196. The molecule has 0 spiro atoms. The van der Waals surface area contributed by atoms with Crippen LogP contribution < -0.4 is 10.6 Å². The molecule has 92 valence electrons. The van der Waals surface area contributed by atoms with Gasteiger partial charge in [0.1, 0.15) is 5.75 Å². The van der Waals surface area contributed by atoms with E-state index in [0.29, 0.717) is 17.6 Å². The maximum atomic E-state index is 11.7. The first-order valence-corrected chi connectivity index (χ1v) is 5.81. The number of rotatable bonds is 4. The van der Waals surface area contributed by atoms with Crippen molar-refractivity contribution in [1.82, 2.24) is 10.6 Å². The van der Waals surface area contributed by atoms with Crippen LogP contribution in [0.25, 0.3) is 0 Å². The molecule has 0 aliphatic rings. The van der Waals surface area contributed by atoms with E-state index in [1.807, 2.05) is 0 Å². The van der Waals surface area contributed by atoms with Crippen LogP contribution in [-0.2, 0) is 4.79 Å². The van der Waals surface area contributed by atoms with Gasteiger partial charge < -0.3 is 15.7 Å². The van der Waals surface area contributed by atoms with Gasteiger partial charge in [0.25, 0.3) is 5.91 Å². The standard InChI is InChI=1S/C11H13BrN2O3/c1-7(15)13-4-5-14-11(17)9-6-8(12)2-3-10(9)16/h2-3,6,16H,4-5H2,1H3,(H,13,15)(H,14,17). The predicted octanol–water partition coefficient (Wildman–Crippen LogP) is 1.02. The highest BCUT2D eigenvalue weighted by Crippen LogP contribution is 2.21. The number of hydrogen-bond donors (Lipinski definition) is 3. The van der Waals surface area contributed by atoms with Gasteiger partial charge >= 0.3 is 0 Å². The second-order valence-corrected chi connectivity index (χ2v) is 4.32. The number of carbonyl (C=O) groups is 2. The van der Waals surface area contributed by atoms with Gasteiger partial charge in [0, 0.05) is 24.5 Å². The van der Waals surface area contributed by atoms with Crippen molar-refractivity contribution in [3.05, 3.63) is 28.2 Å². The van der Waals surface area contributed by atoms with Crippen molar-refractivity contribution < 1.29 is 14.7 Å². The van der Waals surface area contributed by atoms with Crippen molar-refractivity contribution in [3.8, 4) is 5.75 Å². The monoisotopic (exact) mass is 300 g/mol. The minimum absolute atomic E-state index is 0.0785. The third-order valence-electron chi connectivity index (χ3n) is 1.99. The minimum Gasteiger partial charge on any atom is -0.507 e. The highest BCUT2D eigenvalue weighted by Gasteiger charge is 2.10. The molecule has 0 heterocycles. The van der Waals surface area contributed by atoms with E-state index in [4.69, 9.17) is 0 Å². The summed E-state index contributed by atoms with van der Waals surface area (Å²) in [5.74, 6) is -0.607. The molecule has 0 unspecified atom stereocenters. The topological polar surface area (TPSA) is 78.4 Å². The highest BCUT2D eigenvalue weighted by atomic mass is 79.9. The molecule has 0 aromatic heterocycles. The van der Waals surface area contributed by atoms with E-state index in [1.54, 1.807) is 6.07 Å². The van der Waals surface area contributed by atoms with Gasteiger partial charge in [0.2, 0.25) is 5.91 Å². The zero-order valence-corrected chi connectivity index (χ0v) is 10.9. The third kappa shape index (κ3) is 4.44. The van der Waals surface area contributed by atoms with Gasteiger partial charge in [-0.15, -0.1) is 0 Å². The number of phenolic OH excluding ortho intramolecular Hbond substituents is 1. The first-order valence-electron chi connectivity index (χ1n) is 5.02. The Morgan fingerprint density at radius 1 is 1.29 bits per heavy atom. The van der Waals surface area contributed by atoms with Gasteiger partial charge in [0.05, 0.1) is 5.56 Å². The van der Waals surface area contributed by atoms with Crippen molar-refractivity contribution in [2.75, 3.05) is 13.1 Å². The van der Waals surface area contributed by atoms with Crippen molar-refractivity contribution >= 4 is 27.7 Å². The molecule has 3 N–H and O–H groups in total. The zero-order chi connectivity index (χ0) is 12.8. The van der Waals surface area contributed by atoms with E-state index in [0.717, 1.165) is 0 Å². The fourth-order valence-electron chi connectivity index (χ4n) is 1.20. The third-order valence-corrected chi connectivity index (χ3v) is 2.48. The molecule has 0 bridgehead atoms. The molecule has 1 aromatic rings. The fraction of sp³-hybridized carbons (Fsp3) is 0.273. The average Bonchev–Trinajstić information content (AvgIpc) is 2.27. The quantitative estimate of drug-likeness (QED) is 0.727. The Kier molecular flexibility index (Phi) is 4.96. The summed E-state index contributed by atoms with van der Waals surface area (Å²) in [5, 5.41) is 14.6. The van der Waals surface area contributed by atoms with Crippen LogP contribution in [0.2, 0.25) is 0 Å². The number of carbonyl (C=O) groups excluding carboxylic acids is 2. The largest absolute Gasteiger partial charge is 0.507 e. The van der Waals surface area contributed by atoms with Crippen LogP contribution in [0.15, 0.2) is 22.7 Å². The Hall–Kier alpha value is -1.56. The van der Waals surface area contributed by atoms with E-state index in [2.05, 4.69) is 26.6 Å². The Bertz CT molecular complexity index is 435. The summed E-state index contributed by atoms with van der Waals surface area (Å²) in [6, 6.07) is 4.61. The van der Waals surface area contributed by atoms with E-state index in [-0.39, 0.29) is 23.1 Å². The maximum Gasteiger partial charge on any atom is 0.255 e. The molecule has 0 aliphatic heterocycles. The van der Waals surface area contributed by atoms with Gasteiger partial charge in [-0.25, -0.2) is 0 Å². The molecule has 0 saturated heterocycles.